The molecule has 0 atom stereocenters. The van der Waals surface area contributed by atoms with Gasteiger partial charge in [-0.2, -0.15) is 0 Å². The second-order valence-corrected chi connectivity index (χ2v) is 12.3. The second-order valence-electron chi connectivity index (χ2n) is 12.3. The third-order valence-electron chi connectivity index (χ3n) is 9.47. The highest BCUT2D eigenvalue weighted by Gasteiger charge is 2.20. The lowest BCUT2D eigenvalue weighted by molar-refractivity contribution is 1.07. The number of aromatic nitrogens is 5. The van der Waals surface area contributed by atoms with Crippen LogP contribution in [0.2, 0.25) is 0 Å². The molecule has 0 saturated heterocycles. The topological polar surface area (TPSA) is 56.5 Å². The molecule has 3 heterocycles. The van der Waals surface area contributed by atoms with Gasteiger partial charge in [-0.1, -0.05) is 97.1 Å². The van der Waals surface area contributed by atoms with E-state index < -0.39 is 0 Å². The maximum Gasteiger partial charge on any atom is 0.164 e. The molecule has 10 rings (SSSR count). The lowest BCUT2D eigenvalue weighted by Crippen LogP contribution is -2.02. The SMILES string of the molecule is c1ccc(-n2c(-c3cc(-c4cccc(-c5ccncc5)c4)nc(-c4ccc5ccc6cccc7ccc4c5c67)n3)nc3ccccc32)cc1. The molecule has 49 heavy (non-hydrogen) atoms. The largest absolute Gasteiger partial charge is 0.291 e. The minimum Gasteiger partial charge on any atom is -0.291 e. The monoisotopic (exact) mass is 625 g/mol. The Balaban J connectivity index is 1.26. The van der Waals surface area contributed by atoms with Crippen LogP contribution >= 0.6 is 0 Å². The van der Waals surface area contributed by atoms with Gasteiger partial charge in [-0.05, 0) is 98.0 Å². The first-order valence-corrected chi connectivity index (χ1v) is 16.4. The van der Waals surface area contributed by atoms with Crippen molar-refractivity contribution < 1.29 is 0 Å². The molecule has 0 amide bonds. The van der Waals surface area contributed by atoms with Gasteiger partial charge in [0.2, 0.25) is 0 Å². The number of imidazole rings is 1. The predicted octanol–water partition coefficient (Wildman–Crippen LogP) is 10.8. The standard InChI is InChI=1S/C44H27N5/c1-2-12-34(13-3-1)49-40-15-5-4-14-37(40)48-44(49)39-27-38(33-11-7-10-32(26-33)28-22-24-45-25-23-28)46-43(47-39)36-21-19-31-17-16-29-8-6-9-30-18-20-35(36)42(31)41(29)30/h1-27H. The minimum absolute atomic E-state index is 0.659. The summed E-state index contributed by atoms with van der Waals surface area (Å²) in [5.41, 5.74) is 8.72. The van der Waals surface area contributed by atoms with Crippen LogP contribution in [0, 0.1) is 0 Å². The summed E-state index contributed by atoms with van der Waals surface area (Å²) < 4.78 is 2.20. The number of benzene rings is 7. The Labute approximate surface area is 282 Å². The summed E-state index contributed by atoms with van der Waals surface area (Å²) in [7, 11) is 0. The maximum absolute atomic E-state index is 5.34. The summed E-state index contributed by atoms with van der Waals surface area (Å²) in [6, 6.07) is 53.0. The summed E-state index contributed by atoms with van der Waals surface area (Å²) in [6.45, 7) is 0. The molecule has 5 heteroatoms. The fraction of sp³-hybridized carbons (Fsp3) is 0. The molecule has 5 nitrogen and oxygen atoms in total. The van der Waals surface area contributed by atoms with Gasteiger partial charge in [-0.15, -0.1) is 0 Å². The highest BCUT2D eigenvalue weighted by atomic mass is 15.1. The van der Waals surface area contributed by atoms with Crippen LogP contribution < -0.4 is 0 Å². The van der Waals surface area contributed by atoms with Crippen molar-refractivity contribution in [3.8, 4) is 51.0 Å². The van der Waals surface area contributed by atoms with Crippen LogP contribution in [-0.4, -0.2) is 24.5 Å². The number of pyridine rings is 1. The summed E-state index contributed by atoms with van der Waals surface area (Å²) >= 11 is 0. The predicted molar refractivity (Wildman–Crippen MR) is 200 cm³/mol. The smallest absolute Gasteiger partial charge is 0.164 e. The van der Waals surface area contributed by atoms with Crippen LogP contribution in [0.25, 0.3) is 94.3 Å². The number of fused-ring (bicyclic) bond motifs is 1. The van der Waals surface area contributed by atoms with E-state index in [1.54, 1.807) is 0 Å². The molecule has 0 unspecified atom stereocenters. The molecule has 7 aromatic carbocycles. The van der Waals surface area contributed by atoms with E-state index in [-0.39, 0.29) is 0 Å². The molecule has 0 bridgehead atoms. The summed E-state index contributed by atoms with van der Waals surface area (Å²) in [5.74, 6) is 1.42. The molecule has 0 aliphatic rings. The Morgan fingerprint density at radius 1 is 0.449 bits per heavy atom. The highest BCUT2D eigenvalue weighted by molar-refractivity contribution is 6.25. The molecule has 0 radical (unpaired) electrons. The molecule has 0 aliphatic heterocycles. The van der Waals surface area contributed by atoms with E-state index in [1.807, 2.05) is 36.7 Å². The number of para-hydroxylation sites is 3. The van der Waals surface area contributed by atoms with E-state index in [9.17, 15) is 0 Å². The molecule has 0 fully saturated rings. The zero-order chi connectivity index (χ0) is 32.3. The summed E-state index contributed by atoms with van der Waals surface area (Å²) in [4.78, 5) is 20.1. The normalized spacial score (nSPS) is 11.7. The van der Waals surface area contributed by atoms with Gasteiger partial charge in [0.15, 0.2) is 11.6 Å². The van der Waals surface area contributed by atoms with Gasteiger partial charge in [0, 0.05) is 29.2 Å². The molecule has 10 aromatic rings. The Hall–Kier alpha value is -6.72. The zero-order valence-corrected chi connectivity index (χ0v) is 26.3. The van der Waals surface area contributed by atoms with Crippen LogP contribution in [0.5, 0.6) is 0 Å². The molecule has 0 saturated carbocycles. The van der Waals surface area contributed by atoms with Crippen molar-refractivity contribution in [3.63, 3.8) is 0 Å². The van der Waals surface area contributed by atoms with E-state index in [2.05, 4.69) is 137 Å². The molecule has 0 aliphatic carbocycles. The molecular weight excluding hydrogens is 599 g/mol. The fourth-order valence-corrected chi connectivity index (χ4v) is 7.20. The van der Waals surface area contributed by atoms with Crippen molar-refractivity contribution >= 4 is 43.4 Å². The lowest BCUT2D eigenvalue weighted by atomic mass is 9.91. The molecular formula is C44H27N5. The highest BCUT2D eigenvalue weighted by Crippen LogP contribution is 2.40. The van der Waals surface area contributed by atoms with Gasteiger partial charge in [0.05, 0.1) is 16.7 Å². The Kier molecular flexibility index (Phi) is 6.11. The van der Waals surface area contributed by atoms with Crippen LogP contribution in [-0.2, 0) is 0 Å². The summed E-state index contributed by atoms with van der Waals surface area (Å²) in [6.07, 6.45) is 3.65. The van der Waals surface area contributed by atoms with E-state index in [4.69, 9.17) is 15.0 Å². The van der Waals surface area contributed by atoms with Gasteiger partial charge < -0.3 is 0 Å². The maximum atomic E-state index is 5.34. The van der Waals surface area contributed by atoms with Gasteiger partial charge in [-0.25, -0.2) is 15.0 Å². The Bertz CT molecular complexity index is 2810. The second kappa shape index (κ2) is 10.9. The number of hydrogen-bond acceptors (Lipinski definition) is 4. The number of hydrogen-bond donors (Lipinski definition) is 0. The average molecular weight is 626 g/mol. The molecule has 0 N–H and O–H groups in total. The van der Waals surface area contributed by atoms with Gasteiger partial charge in [0.1, 0.15) is 5.69 Å². The quantitative estimate of drug-likeness (QED) is 0.179. The Morgan fingerprint density at radius 3 is 2.00 bits per heavy atom. The Morgan fingerprint density at radius 2 is 1.14 bits per heavy atom. The van der Waals surface area contributed by atoms with Crippen LogP contribution in [0.15, 0.2) is 164 Å². The van der Waals surface area contributed by atoms with Crippen LogP contribution in [0.3, 0.4) is 0 Å². The van der Waals surface area contributed by atoms with E-state index >= 15 is 0 Å². The van der Waals surface area contributed by atoms with E-state index in [0.717, 1.165) is 61.6 Å². The average Bonchev–Trinajstić information content (AvgIpc) is 3.57. The van der Waals surface area contributed by atoms with Crippen molar-refractivity contribution in [2.24, 2.45) is 0 Å². The minimum atomic E-state index is 0.659. The lowest BCUT2D eigenvalue weighted by Gasteiger charge is -2.15. The number of rotatable bonds is 5. The van der Waals surface area contributed by atoms with Crippen LogP contribution in [0.4, 0.5) is 0 Å². The van der Waals surface area contributed by atoms with Crippen molar-refractivity contribution in [2.75, 3.05) is 0 Å². The van der Waals surface area contributed by atoms with Crippen molar-refractivity contribution in [2.45, 2.75) is 0 Å². The van der Waals surface area contributed by atoms with Crippen molar-refractivity contribution in [3.05, 3.63) is 164 Å². The van der Waals surface area contributed by atoms with Gasteiger partial charge in [-0.3, -0.25) is 9.55 Å². The first-order valence-electron chi connectivity index (χ1n) is 16.4. The van der Waals surface area contributed by atoms with E-state index in [1.165, 1.54) is 26.9 Å². The zero-order valence-electron chi connectivity index (χ0n) is 26.3. The van der Waals surface area contributed by atoms with Crippen molar-refractivity contribution in [1.82, 2.24) is 24.5 Å². The third-order valence-corrected chi connectivity index (χ3v) is 9.47. The third kappa shape index (κ3) is 4.48. The first kappa shape index (κ1) is 27.4. The van der Waals surface area contributed by atoms with E-state index in [0.29, 0.717) is 5.82 Å². The van der Waals surface area contributed by atoms with Gasteiger partial charge in [0.25, 0.3) is 0 Å². The summed E-state index contributed by atoms with van der Waals surface area (Å²) in [5, 5.41) is 7.30. The molecule has 0 spiro atoms. The fourth-order valence-electron chi connectivity index (χ4n) is 7.20. The van der Waals surface area contributed by atoms with Crippen molar-refractivity contribution in [1.29, 1.82) is 0 Å². The van der Waals surface area contributed by atoms with Gasteiger partial charge >= 0.3 is 0 Å². The first-order chi connectivity index (χ1) is 24.3. The molecule has 228 valence electrons. The number of nitrogens with zero attached hydrogens (tertiary/aromatic N) is 5. The van der Waals surface area contributed by atoms with Crippen LogP contribution in [0.1, 0.15) is 0 Å². The molecule has 3 aromatic heterocycles.